The summed E-state index contributed by atoms with van der Waals surface area (Å²) in [5, 5.41) is 4.12. The van der Waals surface area contributed by atoms with Gasteiger partial charge in [0.15, 0.2) is 11.6 Å². The summed E-state index contributed by atoms with van der Waals surface area (Å²) >= 11 is 6.70. The van der Waals surface area contributed by atoms with Gasteiger partial charge in [0, 0.05) is 16.9 Å². The number of nitrogen functional groups attached to an aromatic ring is 1. The van der Waals surface area contributed by atoms with Crippen LogP contribution in [0.25, 0.3) is 5.82 Å². The van der Waals surface area contributed by atoms with Crippen LogP contribution in [0.1, 0.15) is 5.56 Å². The van der Waals surface area contributed by atoms with Crippen LogP contribution in [0.5, 0.6) is 0 Å². The molecule has 0 saturated carbocycles. The van der Waals surface area contributed by atoms with Gasteiger partial charge in [0.1, 0.15) is 0 Å². The fourth-order valence-corrected chi connectivity index (χ4v) is 1.62. The van der Waals surface area contributed by atoms with Crippen molar-refractivity contribution in [2.24, 2.45) is 0 Å². The van der Waals surface area contributed by atoms with E-state index in [1.54, 1.807) is 17.1 Å². The number of aromatic nitrogens is 3. The second-order valence-corrected chi connectivity index (χ2v) is 4.81. The molecule has 0 saturated heterocycles. The Balaban J connectivity index is 2.49. The lowest BCUT2D eigenvalue weighted by Gasteiger charge is -2.02. The standard InChI is InChI=1S/C9H8Br2N4/c1-5-2-8(13-3-6(5)10)15-4-7(11)9(12)14-15/h2-4H,1H3,(H2,12,14). The molecule has 0 unspecified atom stereocenters. The number of rotatable bonds is 1. The van der Waals surface area contributed by atoms with E-state index in [0.717, 1.165) is 20.3 Å². The molecule has 2 heterocycles. The molecule has 0 spiro atoms. The molecule has 0 bridgehead atoms. The molecule has 0 atom stereocenters. The van der Waals surface area contributed by atoms with Gasteiger partial charge in [0.2, 0.25) is 0 Å². The van der Waals surface area contributed by atoms with Crippen molar-refractivity contribution in [1.29, 1.82) is 0 Å². The Kier molecular flexibility index (Phi) is 2.79. The first-order valence-electron chi connectivity index (χ1n) is 4.21. The third-order valence-electron chi connectivity index (χ3n) is 1.96. The molecule has 2 aromatic heterocycles. The van der Waals surface area contributed by atoms with Crippen LogP contribution in [-0.2, 0) is 0 Å². The van der Waals surface area contributed by atoms with Crippen molar-refractivity contribution in [1.82, 2.24) is 14.8 Å². The maximum Gasteiger partial charge on any atom is 0.160 e. The zero-order valence-corrected chi connectivity index (χ0v) is 11.1. The van der Waals surface area contributed by atoms with Gasteiger partial charge < -0.3 is 5.73 Å². The summed E-state index contributed by atoms with van der Waals surface area (Å²) in [6.45, 7) is 2.00. The van der Waals surface area contributed by atoms with Crippen LogP contribution in [-0.4, -0.2) is 14.8 Å². The van der Waals surface area contributed by atoms with Crippen molar-refractivity contribution in [2.45, 2.75) is 6.92 Å². The monoisotopic (exact) mass is 330 g/mol. The summed E-state index contributed by atoms with van der Waals surface area (Å²) in [5.41, 5.74) is 6.73. The van der Waals surface area contributed by atoms with Gasteiger partial charge in [0.25, 0.3) is 0 Å². The lowest BCUT2D eigenvalue weighted by molar-refractivity contribution is 0.848. The third kappa shape index (κ3) is 2.05. The van der Waals surface area contributed by atoms with Gasteiger partial charge in [-0.3, -0.25) is 0 Å². The van der Waals surface area contributed by atoms with E-state index < -0.39 is 0 Å². The number of anilines is 1. The Labute approximate surface area is 104 Å². The molecule has 2 N–H and O–H groups in total. The summed E-state index contributed by atoms with van der Waals surface area (Å²) < 4.78 is 3.38. The number of halogens is 2. The van der Waals surface area contributed by atoms with E-state index in [2.05, 4.69) is 41.9 Å². The van der Waals surface area contributed by atoms with Gasteiger partial charge in [-0.1, -0.05) is 0 Å². The Hall–Kier alpha value is -0.880. The van der Waals surface area contributed by atoms with Crippen LogP contribution < -0.4 is 5.73 Å². The lowest BCUT2D eigenvalue weighted by atomic mass is 10.3. The molecular formula is C9H8Br2N4. The summed E-state index contributed by atoms with van der Waals surface area (Å²) in [6.07, 6.45) is 3.53. The van der Waals surface area contributed by atoms with E-state index in [4.69, 9.17) is 5.73 Å². The van der Waals surface area contributed by atoms with Crippen molar-refractivity contribution in [3.8, 4) is 5.82 Å². The highest BCUT2D eigenvalue weighted by Gasteiger charge is 2.06. The normalized spacial score (nSPS) is 10.6. The molecular weight excluding hydrogens is 324 g/mol. The SMILES string of the molecule is Cc1cc(-n2cc(Br)c(N)n2)ncc1Br. The van der Waals surface area contributed by atoms with Crippen molar-refractivity contribution < 1.29 is 0 Å². The van der Waals surface area contributed by atoms with Crippen LogP contribution in [0.4, 0.5) is 5.82 Å². The second-order valence-electron chi connectivity index (χ2n) is 3.10. The minimum atomic E-state index is 0.456. The Morgan fingerprint density at radius 2 is 2.07 bits per heavy atom. The minimum Gasteiger partial charge on any atom is -0.381 e. The molecule has 0 radical (unpaired) electrons. The lowest BCUT2D eigenvalue weighted by Crippen LogP contribution is -1.99. The molecule has 0 aromatic carbocycles. The van der Waals surface area contributed by atoms with Crippen molar-refractivity contribution in [3.05, 3.63) is 33.0 Å². The Morgan fingerprint density at radius 3 is 2.60 bits per heavy atom. The average molecular weight is 332 g/mol. The van der Waals surface area contributed by atoms with Gasteiger partial charge in [-0.15, -0.1) is 5.10 Å². The van der Waals surface area contributed by atoms with Crippen LogP contribution in [0, 0.1) is 6.92 Å². The molecule has 0 fully saturated rings. The molecule has 0 aliphatic carbocycles. The quantitative estimate of drug-likeness (QED) is 0.874. The van der Waals surface area contributed by atoms with Gasteiger partial charge in [-0.05, 0) is 50.4 Å². The van der Waals surface area contributed by atoms with Gasteiger partial charge in [-0.2, -0.15) is 0 Å². The topological polar surface area (TPSA) is 56.7 Å². The molecule has 78 valence electrons. The molecule has 15 heavy (non-hydrogen) atoms. The average Bonchev–Trinajstić information content (AvgIpc) is 2.52. The number of hydrogen-bond acceptors (Lipinski definition) is 3. The predicted molar refractivity (Wildman–Crippen MR) is 65.9 cm³/mol. The van der Waals surface area contributed by atoms with Gasteiger partial charge >= 0.3 is 0 Å². The van der Waals surface area contributed by atoms with Crippen LogP contribution in [0.2, 0.25) is 0 Å². The van der Waals surface area contributed by atoms with E-state index in [9.17, 15) is 0 Å². The largest absolute Gasteiger partial charge is 0.381 e. The maximum atomic E-state index is 5.63. The molecule has 4 nitrogen and oxygen atoms in total. The van der Waals surface area contributed by atoms with Crippen molar-refractivity contribution in [3.63, 3.8) is 0 Å². The first-order valence-corrected chi connectivity index (χ1v) is 5.79. The zero-order valence-electron chi connectivity index (χ0n) is 7.91. The molecule has 6 heteroatoms. The minimum absolute atomic E-state index is 0.456. The highest BCUT2D eigenvalue weighted by atomic mass is 79.9. The summed E-state index contributed by atoms with van der Waals surface area (Å²) in [4.78, 5) is 4.24. The second kappa shape index (κ2) is 3.94. The summed E-state index contributed by atoms with van der Waals surface area (Å²) in [5.74, 6) is 1.20. The number of hydrogen-bond donors (Lipinski definition) is 1. The summed E-state index contributed by atoms with van der Waals surface area (Å²) in [6, 6.07) is 1.93. The fourth-order valence-electron chi connectivity index (χ4n) is 1.13. The van der Waals surface area contributed by atoms with Crippen LogP contribution in [0.3, 0.4) is 0 Å². The van der Waals surface area contributed by atoms with E-state index in [1.807, 2.05) is 13.0 Å². The van der Waals surface area contributed by atoms with E-state index in [0.29, 0.717) is 5.82 Å². The number of pyridine rings is 1. The first kappa shape index (κ1) is 10.6. The number of nitrogens with zero attached hydrogens (tertiary/aromatic N) is 3. The zero-order chi connectivity index (χ0) is 11.0. The molecule has 0 aliphatic rings. The van der Waals surface area contributed by atoms with E-state index >= 15 is 0 Å². The van der Waals surface area contributed by atoms with Crippen LogP contribution >= 0.6 is 31.9 Å². The highest BCUT2D eigenvalue weighted by molar-refractivity contribution is 9.10. The predicted octanol–water partition coefficient (Wildman–Crippen LogP) is 2.68. The van der Waals surface area contributed by atoms with Crippen LogP contribution in [0.15, 0.2) is 27.4 Å². The Morgan fingerprint density at radius 1 is 1.33 bits per heavy atom. The van der Waals surface area contributed by atoms with Gasteiger partial charge in [-0.25, -0.2) is 9.67 Å². The maximum absolute atomic E-state index is 5.63. The smallest absolute Gasteiger partial charge is 0.160 e. The third-order valence-corrected chi connectivity index (χ3v) is 3.40. The molecule has 0 amide bonds. The van der Waals surface area contributed by atoms with Crippen molar-refractivity contribution >= 4 is 37.7 Å². The molecule has 2 aromatic rings. The fraction of sp³-hybridized carbons (Fsp3) is 0.111. The number of nitrogens with two attached hydrogens (primary N) is 1. The summed E-state index contributed by atoms with van der Waals surface area (Å²) in [7, 11) is 0. The van der Waals surface area contributed by atoms with Crippen molar-refractivity contribution in [2.75, 3.05) is 5.73 Å². The number of aryl methyl sites for hydroxylation is 1. The Bertz CT molecular complexity index is 487. The highest BCUT2D eigenvalue weighted by Crippen LogP contribution is 2.21. The molecule has 2 rings (SSSR count). The van der Waals surface area contributed by atoms with Gasteiger partial charge in [0.05, 0.1) is 4.47 Å². The van der Waals surface area contributed by atoms with E-state index in [-0.39, 0.29) is 0 Å². The first-order chi connectivity index (χ1) is 7.08. The molecule has 0 aliphatic heterocycles. The van der Waals surface area contributed by atoms with E-state index in [1.165, 1.54) is 0 Å².